The minimum atomic E-state index is 0. The van der Waals surface area contributed by atoms with Gasteiger partial charge in [-0.25, -0.2) is 0 Å². The van der Waals surface area contributed by atoms with Crippen LogP contribution in [0.1, 0.15) is 0 Å². The SMILES string of the molecule is I.[O-][n+]1ccccc1S. The van der Waals surface area contributed by atoms with E-state index in [9.17, 15) is 5.21 Å². The molecule has 0 saturated carbocycles. The van der Waals surface area contributed by atoms with Crippen molar-refractivity contribution in [2.45, 2.75) is 5.03 Å². The summed E-state index contributed by atoms with van der Waals surface area (Å²) in [5.74, 6) is 0. The highest BCUT2D eigenvalue weighted by molar-refractivity contribution is 14.0. The number of aromatic nitrogens is 1. The molecule has 1 aromatic heterocycles. The van der Waals surface area contributed by atoms with Crippen LogP contribution >= 0.6 is 36.6 Å². The van der Waals surface area contributed by atoms with E-state index in [1.54, 1.807) is 18.2 Å². The number of halogens is 1. The number of nitrogens with zero attached hydrogens (tertiary/aromatic N) is 1. The van der Waals surface area contributed by atoms with Crippen molar-refractivity contribution >= 4 is 36.6 Å². The van der Waals surface area contributed by atoms with Crippen LogP contribution in [0.25, 0.3) is 0 Å². The Balaban J connectivity index is 0.000000640. The minimum absolute atomic E-state index is 0. The number of rotatable bonds is 0. The number of thiol groups is 1. The van der Waals surface area contributed by atoms with Gasteiger partial charge < -0.3 is 5.21 Å². The Hall–Kier alpha value is 0.0300. The van der Waals surface area contributed by atoms with Crippen LogP contribution < -0.4 is 4.73 Å². The molecular formula is C5H6INOS. The Bertz CT molecular complexity index is 173. The molecule has 4 heteroatoms. The molecule has 0 radical (unpaired) electrons. The Kier molecular flexibility index (Phi) is 3.96. The van der Waals surface area contributed by atoms with Gasteiger partial charge in [0.15, 0.2) is 6.20 Å². The van der Waals surface area contributed by atoms with Gasteiger partial charge in [0.1, 0.15) is 0 Å². The summed E-state index contributed by atoms with van der Waals surface area (Å²) in [7, 11) is 0. The maximum absolute atomic E-state index is 10.5. The van der Waals surface area contributed by atoms with Gasteiger partial charge in [-0.1, -0.05) is 12.6 Å². The van der Waals surface area contributed by atoms with Gasteiger partial charge in [-0.3, -0.25) is 0 Å². The largest absolute Gasteiger partial charge is 0.618 e. The quantitative estimate of drug-likeness (QED) is 0.321. The van der Waals surface area contributed by atoms with E-state index in [1.807, 2.05) is 0 Å². The molecule has 0 aliphatic heterocycles. The van der Waals surface area contributed by atoms with E-state index in [1.165, 1.54) is 6.20 Å². The molecule has 0 bridgehead atoms. The van der Waals surface area contributed by atoms with Crippen LogP contribution in [0.5, 0.6) is 0 Å². The van der Waals surface area contributed by atoms with Crippen LogP contribution in [0.2, 0.25) is 0 Å². The molecule has 1 heterocycles. The number of hydrogen-bond donors (Lipinski definition) is 1. The Labute approximate surface area is 75.9 Å². The molecule has 0 aliphatic rings. The van der Waals surface area contributed by atoms with Crippen molar-refractivity contribution in [3.05, 3.63) is 29.6 Å². The van der Waals surface area contributed by atoms with E-state index in [2.05, 4.69) is 12.6 Å². The average molecular weight is 255 g/mol. The lowest BCUT2D eigenvalue weighted by Gasteiger charge is -1.94. The third-order valence-electron chi connectivity index (χ3n) is 0.804. The second-order valence-electron chi connectivity index (χ2n) is 1.38. The topological polar surface area (TPSA) is 26.9 Å². The summed E-state index contributed by atoms with van der Waals surface area (Å²) >= 11 is 3.85. The Morgan fingerprint density at radius 2 is 2.11 bits per heavy atom. The predicted molar refractivity (Wildman–Crippen MR) is 48.1 cm³/mol. The van der Waals surface area contributed by atoms with Crippen LogP contribution in [0.3, 0.4) is 0 Å². The van der Waals surface area contributed by atoms with Crippen molar-refractivity contribution in [2.24, 2.45) is 0 Å². The maximum atomic E-state index is 10.5. The third kappa shape index (κ3) is 2.40. The molecule has 0 aliphatic carbocycles. The molecule has 0 aromatic carbocycles. The summed E-state index contributed by atoms with van der Waals surface area (Å²) in [6, 6.07) is 5.06. The highest BCUT2D eigenvalue weighted by Crippen LogP contribution is 1.93. The summed E-state index contributed by atoms with van der Waals surface area (Å²) in [5.41, 5.74) is 0. The van der Waals surface area contributed by atoms with Crippen LogP contribution in [0.4, 0.5) is 0 Å². The zero-order chi connectivity index (χ0) is 5.98. The van der Waals surface area contributed by atoms with Crippen molar-refractivity contribution in [1.29, 1.82) is 0 Å². The lowest BCUT2D eigenvalue weighted by atomic mass is 10.5. The van der Waals surface area contributed by atoms with Crippen LogP contribution in [-0.4, -0.2) is 0 Å². The molecule has 1 rings (SSSR count). The predicted octanol–water partition coefficient (Wildman–Crippen LogP) is 1.23. The normalized spacial score (nSPS) is 8.11. The summed E-state index contributed by atoms with van der Waals surface area (Å²) in [6.07, 6.45) is 1.41. The lowest BCUT2D eigenvalue weighted by Crippen LogP contribution is -2.26. The second kappa shape index (κ2) is 3.94. The molecule has 0 amide bonds. The first kappa shape index (κ1) is 9.03. The highest BCUT2D eigenvalue weighted by Gasteiger charge is 1.90. The monoisotopic (exact) mass is 255 g/mol. The zero-order valence-corrected chi connectivity index (χ0v) is 7.75. The van der Waals surface area contributed by atoms with Crippen LogP contribution in [0.15, 0.2) is 29.4 Å². The molecule has 0 N–H and O–H groups in total. The van der Waals surface area contributed by atoms with Gasteiger partial charge in [-0.15, -0.1) is 24.0 Å². The van der Waals surface area contributed by atoms with Gasteiger partial charge in [-0.05, 0) is 6.07 Å². The summed E-state index contributed by atoms with van der Waals surface area (Å²) in [4.78, 5) is 0. The molecular weight excluding hydrogens is 249 g/mol. The molecule has 0 unspecified atom stereocenters. The van der Waals surface area contributed by atoms with E-state index >= 15 is 0 Å². The van der Waals surface area contributed by atoms with Crippen molar-refractivity contribution in [2.75, 3.05) is 0 Å². The molecule has 0 spiro atoms. The molecule has 0 saturated heterocycles. The van der Waals surface area contributed by atoms with Crippen LogP contribution in [0, 0.1) is 5.21 Å². The van der Waals surface area contributed by atoms with Gasteiger partial charge in [0, 0.05) is 12.1 Å². The molecule has 0 atom stereocenters. The number of hydrogen-bond acceptors (Lipinski definition) is 2. The van der Waals surface area contributed by atoms with Gasteiger partial charge in [0.25, 0.3) is 0 Å². The fourth-order valence-electron chi connectivity index (χ4n) is 0.419. The molecule has 0 fully saturated rings. The van der Waals surface area contributed by atoms with E-state index in [0.717, 1.165) is 0 Å². The third-order valence-corrected chi connectivity index (χ3v) is 1.15. The highest BCUT2D eigenvalue weighted by atomic mass is 127. The first-order valence-corrected chi connectivity index (χ1v) is 2.62. The van der Waals surface area contributed by atoms with Gasteiger partial charge in [-0.2, -0.15) is 4.73 Å². The summed E-state index contributed by atoms with van der Waals surface area (Å²) in [6.45, 7) is 0. The standard InChI is InChI=1S/C5H5NOS.HI/c7-6-4-2-1-3-5(6)8;/h1-4,8H;1H. The van der Waals surface area contributed by atoms with Crippen LogP contribution in [-0.2, 0) is 0 Å². The van der Waals surface area contributed by atoms with E-state index in [0.29, 0.717) is 9.76 Å². The molecule has 1 aromatic rings. The maximum Gasteiger partial charge on any atom is 0.248 e. The van der Waals surface area contributed by atoms with Crippen molar-refractivity contribution in [1.82, 2.24) is 0 Å². The second-order valence-corrected chi connectivity index (χ2v) is 1.84. The van der Waals surface area contributed by atoms with Crippen molar-refractivity contribution < 1.29 is 4.73 Å². The molecule has 50 valence electrons. The molecule has 9 heavy (non-hydrogen) atoms. The van der Waals surface area contributed by atoms with Crippen molar-refractivity contribution in [3.8, 4) is 0 Å². The minimum Gasteiger partial charge on any atom is -0.618 e. The first-order chi connectivity index (χ1) is 3.80. The lowest BCUT2D eigenvalue weighted by molar-refractivity contribution is -0.645. The summed E-state index contributed by atoms with van der Waals surface area (Å²) in [5, 5.41) is 10.9. The Morgan fingerprint density at radius 3 is 2.44 bits per heavy atom. The van der Waals surface area contributed by atoms with Gasteiger partial charge >= 0.3 is 0 Å². The van der Waals surface area contributed by atoms with Gasteiger partial charge in [0.05, 0.1) is 0 Å². The molecule has 2 nitrogen and oxygen atoms in total. The Morgan fingerprint density at radius 1 is 1.44 bits per heavy atom. The zero-order valence-electron chi connectivity index (χ0n) is 4.52. The summed E-state index contributed by atoms with van der Waals surface area (Å²) < 4.78 is 0.698. The number of pyridine rings is 1. The average Bonchev–Trinajstić information content (AvgIpc) is 1.77. The van der Waals surface area contributed by atoms with E-state index in [-0.39, 0.29) is 24.0 Å². The van der Waals surface area contributed by atoms with E-state index < -0.39 is 0 Å². The van der Waals surface area contributed by atoms with Crippen molar-refractivity contribution in [3.63, 3.8) is 0 Å². The fourth-order valence-corrected chi connectivity index (χ4v) is 0.572. The van der Waals surface area contributed by atoms with E-state index in [4.69, 9.17) is 0 Å². The smallest absolute Gasteiger partial charge is 0.248 e. The first-order valence-electron chi connectivity index (χ1n) is 2.18. The fraction of sp³-hybridized carbons (Fsp3) is 0. The van der Waals surface area contributed by atoms with Gasteiger partial charge in [0.2, 0.25) is 5.03 Å².